The second kappa shape index (κ2) is 9.99. The highest BCUT2D eigenvalue weighted by atomic mass is 32.2. The molecule has 0 aliphatic rings. The standard InChI is InChI=1S/C20H25N3O2S/c1-4-21-13-16-7-5-6-8-19(16)23-20(25)14(2)26-18-11-9-17(10-12-18)22-15(3)24/h5-12,14,21H,4,13H2,1-3H3,(H,22,24)(H,23,25). The highest BCUT2D eigenvalue weighted by Crippen LogP contribution is 2.26. The molecule has 1 unspecified atom stereocenters. The zero-order valence-electron chi connectivity index (χ0n) is 15.3. The first kappa shape index (κ1) is 20.0. The molecular formula is C20H25N3O2S. The fraction of sp³-hybridized carbons (Fsp3) is 0.300. The van der Waals surface area contributed by atoms with E-state index in [1.807, 2.05) is 55.5 Å². The topological polar surface area (TPSA) is 70.2 Å². The molecule has 2 aromatic carbocycles. The number of carbonyl (C=O) groups excluding carboxylic acids is 2. The number of hydrogen-bond donors (Lipinski definition) is 3. The fourth-order valence-corrected chi connectivity index (χ4v) is 3.24. The van der Waals surface area contributed by atoms with E-state index in [1.54, 1.807) is 0 Å². The second-order valence-corrected chi connectivity index (χ2v) is 7.31. The van der Waals surface area contributed by atoms with E-state index in [0.717, 1.165) is 34.9 Å². The molecule has 2 amide bonds. The van der Waals surface area contributed by atoms with Crippen LogP contribution in [-0.4, -0.2) is 23.6 Å². The molecule has 0 aliphatic carbocycles. The molecular weight excluding hydrogens is 346 g/mol. The van der Waals surface area contributed by atoms with Gasteiger partial charge in [0.15, 0.2) is 0 Å². The van der Waals surface area contributed by atoms with Gasteiger partial charge in [-0.1, -0.05) is 25.1 Å². The number of para-hydroxylation sites is 1. The molecule has 0 saturated carbocycles. The average molecular weight is 372 g/mol. The summed E-state index contributed by atoms with van der Waals surface area (Å²) in [5.41, 5.74) is 2.66. The van der Waals surface area contributed by atoms with Crippen LogP contribution in [0.2, 0.25) is 0 Å². The molecule has 0 bridgehead atoms. The van der Waals surface area contributed by atoms with Crippen LogP contribution in [0.15, 0.2) is 53.4 Å². The third-order valence-corrected chi connectivity index (χ3v) is 4.81. The van der Waals surface area contributed by atoms with Gasteiger partial charge in [-0.05, 0) is 49.4 Å². The van der Waals surface area contributed by atoms with Crippen LogP contribution in [-0.2, 0) is 16.1 Å². The normalized spacial score (nSPS) is 11.7. The van der Waals surface area contributed by atoms with Crippen molar-refractivity contribution in [3.63, 3.8) is 0 Å². The minimum atomic E-state index is -0.242. The van der Waals surface area contributed by atoms with Crippen LogP contribution in [0.25, 0.3) is 0 Å². The summed E-state index contributed by atoms with van der Waals surface area (Å²) in [7, 11) is 0. The predicted molar refractivity (Wildman–Crippen MR) is 109 cm³/mol. The number of nitrogens with one attached hydrogen (secondary N) is 3. The Bertz CT molecular complexity index is 747. The maximum Gasteiger partial charge on any atom is 0.237 e. The summed E-state index contributed by atoms with van der Waals surface area (Å²) in [5.74, 6) is -0.140. The molecule has 0 fully saturated rings. The van der Waals surface area contributed by atoms with Crippen molar-refractivity contribution in [1.29, 1.82) is 0 Å². The number of hydrogen-bond acceptors (Lipinski definition) is 4. The highest BCUT2D eigenvalue weighted by molar-refractivity contribution is 8.00. The lowest BCUT2D eigenvalue weighted by molar-refractivity contribution is -0.115. The lowest BCUT2D eigenvalue weighted by atomic mass is 10.1. The SMILES string of the molecule is CCNCc1ccccc1NC(=O)C(C)Sc1ccc(NC(C)=O)cc1. The predicted octanol–water partition coefficient (Wildman–Crippen LogP) is 3.87. The molecule has 0 heterocycles. The maximum atomic E-state index is 12.5. The summed E-state index contributed by atoms with van der Waals surface area (Å²) in [5, 5.41) is 8.79. The van der Waals surface area contributed by atoms with Gasteiger partial charge in [-0.15, -0.1) is 11.8 Å². The molecule has 6 heteroatoms. The molecule has 0 spiro atoms. The quantitative estimate of drug-likeness (QED) is 0.616. The summed E-state index contributed by atoms with van der Waals surface area (Å²) in [4.78, 5) is 24.6. The largest absolute Gasteiger partial charge is 0.326 e. The Morgan fingerprint density at radius 2 is 1.73 bits per heavy atom. The van der Waals surface area contributed by atoms with E-state index in [9.17, 15) is 9.59 Å². The van der Waals surface area contributed by atoms with Crippen molar-refractivity contribution in [3.8, 4) is 0 Å². The molecule has 0 radical (unpaired) electrons. The number of thioether (sulfide) groups is 1. The lowest BCUT2D eigenvalue weighted by Crippen LogP contribution is -2.24. The molecule has 138 valence electrons. The van der Waals surface area contributed by atoms with Crippen LogP contribution in [0.1, 0.15) is 26.3 Å². The van der Waals surface area contributed by atoms with E-state index < -0.39 is 0 Å². The number of amides is 2. The van der Waals surface area contributed by atoms with Gasteiger partial charge in [0.05, 0.1) is 5.25 Å². The van der Waals surface area contributed by atoms with Gasteiger partial charge >= 0.3 is 0 Å². The molecule has 2 rings (SSSR count). The van der Waals surface area contributed by atoms with Crippen molar-refractivity contribution in [1.82, 2.24) is 5.32 Å². The summed E-state index contributed by atoms with van der Waals surface area (Å²) in [6.45, 7) is 7.01. The van der Waals surface area contributed by atoms with Crippen molar-refractivity contribution in [3.05, 3.63) is 54.1 Å². The third-order valence-electron chi connectivity index (χ3n) is 3.70. The number of rotatable bonds is 8. The Morgan fingerprint density at radius 3 is 2.38 bits per heavy atom. The second-order valence-electron chi connectivity index (χ2n) is 5.89. The van der Waals surface area contributed by atoms with Crippen LogP contribution < -0.4 is 16.0 Å². The highest BCUT2D eigenvalue weighted by Gasteiger charge is 2.16. The molecule has 2 aromatic rings. The van der Waals surface area contributed by atoms with Crippen molar-refractivity contribution in [2.75, 3.05) is 17.2 Å². The lowest BCUT2D eigenvalue weighted by Gasteiger charge is -2.15. The minimum Gasteiger partial charge on any atom is -0.326 e. The first-order valence-corrected chi connectivity index (χ1v) is 9.51. The third kappa shape index (κ3) is 6.20. The van der Waals surface area contributed by atoms with Crippen LogP contribution >= 0.6 is 11.8 Å². The average Bonchev–Trinajstić information content (AvgIpc) is 2.62. The zero-order chi connectivity index (χ0) is 18.9. The van der Waals surface area contributed by atoms with E-state index in [4.69, 9.17) is 0 Å². The Labute approximate surface area is 159 Å². The molecule has 3 N–H and O–H groups in total. The van der Waals surface area contributed by atoms with E-state index in [0.29, 0.717) is 0 Å². The zero-order valence-corrected chi connectivity index (χ0v) is 16.2. The van der Waals surface area contributed by atoms with Gasteiger partial charge in [-0.2, -0.15) is 0 Å². The van der Waals surface area contributed by atoms with Crippen LogP contribution in [0.3, 0.4) is 0 Å². The van der Waals surface area contributed by atoms with E-state index in [1.165, 1.54) is 18.7 Å². The van der Waals surface area contributed by atoms with Crippen molar-refractivity contribution >= 4 is 35.0 Å². The first-order valence-electron chi connectivity index (χ1n) is 8.63. The monoisotopic (exact) mass is 371 g/mol. The van der Waals surface area contributed by atoms with E-state index in [2.05, 4.69) is 22.9 Å². The van der Waals surface area contributed by atoms with Crippen molar-refractivity contribution in [2.45, 2.75) is 37.5 Å². The summed E-state index contributed by atoms with van der Waals surface area (Å²) < 4.78 is 0. The van der Waals surface area contributed by atoms with E-state index >= 15 is 0 Å². The number of carbonyl (C=O) groups is 2. The van der Waals surface area contributed by atoms with Crippen molar-refractivity contribution < 1.29 is 9.59 Å². The van der Waals surface area contributed by atoms with Gasteiger partial charge in [0.2, 0.25) is 11.8 Å². The summed E-state index contributed by atoms with van der Waals surface area (Å²) in [6.07, 6.45) is 0. The van der Waals surface area contributed by atoms with Crippen LogP contribution in [0.4, 0.5) is 11.4 Å². The van der Waals surface area contributed by atoms with Gasteiger partial charge in [0.1, 0.15) is 0 Å². The maximum absolute atomic E-state index is 12.5. The van der Waals surface area contributed by atoms with Crippen molar-refractivity contribution in [2.24, 2.45) is 0 Å². The summed E-state index contributed by atoms with van der Waals surface area (Å²) >= 11 is 1.48. The molecule has 5 nitrogen and oxygen atoms in total. The molecule has 1 atom stereocenters. The minimum absolute atomic E-state index is 0.0371. The molecule has 0 aliphatic heterocycles. The Morgan fingerprint density at radius 1 is 1.04 bits per heavy atom. The molecule has 0 saturated heterocycles. The van der Waals surface area contributed by atoms with Gasteiger partial charge in [-0.25, -0.2) is 0 Å². The molecule has 26 heavy (non-hydrogen) atoms. The summed E-state index contributed by atoms with van der Waals surface area (Å²) in [6, 6.07) is 15.3. The number of anilines is 2. The fourth-order valence-electron chi connectivity index (χ4n) is 2.37. The number of benzene rings is 2. The van der Waals surface area contributed by atoms with Gasteiger partial charge in [0, 0.05) is 29.7 Å². The Hall–Kier alpha value is -2.31. The first-order chi connectivity index (χ1) is 12.5. The van der Waals surface area contributed by atoms with Gasteiger partial charge in [0.25, 0.3) is 0 Å². The van der Waals surface area contributed by atoms with E-state index in [-0.39, 0.29) is 17.1 Å². The van der Waals surface area contributed by atoms with Crippen LogP contribution in [0.5, 0.6) is 0 Å². The smallest absolute Gasteiger partial charge is 0.237 e. The van der Waals surface area contributed by atoms with Crippen LogP contribution in [0, 0.1) is 0 Å². The Balaban J connectivity index is 1.96. The Kier molecular flexibility index (Phi) is 7.69. The van der Waals surface area contributed by atoms with Gasteiger partial charge < -0.3 is 16.0 Å². The molecule has 0 aromatic heterocycles. The van der Waals surface area contributed by atoms with Gasteiger partial charge in [-0.3, -0.25) is 9.59 Å².